The van der Waals surface area contributed by atoms with Crippen molar-refractivity contribution in [3.05, 3.63) is 53.6 Å². The number of methoxy groups -OCH3 is 1. The van der Waals surface area contributed by atoms with Gasteiger partial charge in [-0.3, -0.25) is 15.0 Å². The molecule has 202 valence electrons. The van der Waals surface area contributed by atoms with Crippen LogP contribution in [0.3, 0.4) is 0 Å². The van der Waals surface area contributed by atoms with Gasteiger partial charge in [0.1, 0.15) is 10.7 Å². The van der Waals surface area contributed by atoms with Gasteiger partial charge >= 0.3 is 17.8 Å². The standard InChI is InChI=1S/C22H28N4O9S2/c1-3-20(28)34-37(31,32)35-26-36(29,30)18-9-6-8-17(21(18)33-2)25-19(27)10-5-4-7-15-11-13-16(14-12-15)22(23)24/h6,8-9,11-14,26H,3-5,7,10H2,1-2H3,(H3,23,24)(H,25,27)/p+1. The first-order valence-electron chi connectivity index (χ1n) is 11.0. The van der Waals surface area contributed by atoms with Gasteiger partial charge in [0.2, 0.25) is 5.91 Å². The zero-order chi connectivity index (χ0) is 27.6. The maximum absolute atomic E-state index is 12.6. The Morgan fingerprint density at radius 3 is 2.32 bits per heavy atom. The number of nitrogens with two attached hydrogens (primary N) is 1. The fourth-order valence-corrected chi connectivity index (χ4v) is 4.89. The van der Waals surface area contributed by atoms with Crippen LogP contribution in [0.5, 0.6) is 5.75 Å². The molecular weight excluding hydrogens is 528 g/mol. The molecule has 0 radical (unpaired) electrons. The molecule has 0 aliphatic carbocycles. The second kappa shape index (κ2) is 13.1. The lowest BCUT2D eigenvalue weighted by Gasteiger charge is -2.15. The normalized spacial score (nSPS) is 11.5. The van der Waals surface area contributed by atoms with Crippen molar-refractivity contribution >= 4 is 43.8 Å². The highest BCUT2D eigenvalue weighted by molar-refractivity contribution is 7.90. The highest BCUT2D eigenvalue weighted by Gasteiger charge is 2.27. The van der Waals surface area contributed by atoms with Crippen molar-refractivity contribution in [2.45, 2.75) is 43.9 Å². The molecule has 0 fully saturated rings. The van der Waals surface area contributed by atoms with Gasteiger partial charge in [0, 0.05) is 18.4 Å². The smallest absolute Gasteiger partial charge is 0.493 e. The average Bonchev–Trinajstić information content (AvgIpc) is 2.85. The van der Waals surface area contributed by atoms with Crippen LogP contribution < -0.4 is 20.7 Å². The van der Waals surface area contributed by atoms with Crippen molar-refractivity contribution in [3.63, 3.8) is 0 Å². The summed E-state index contributed by atoms with van der Waals surface area (Å²) in [6, 6.07) is 11.1. The number of nitrogen functional groups attached to an aromatic ring is 1. The lowest BCUT2D eigenvalue weighted by Crippen LogP contribution is -2.29. The summed E-state index contributed by atoms with van der Waals surface area (Å²) in [7, 11) is -8.46. The first kappa shape index (κ1) is 29.7. The molecule has 0 spiro atoms. The van der Waals surface area contributed by atoms with E-state index in [2.05, 4.69) is 13.8 Å². The van der Waals surface area contributed by atoms with Gasteiger partial charge in [-0.2, -0.15) is 8.42 Å². The van der Waals surface area contributed by atoms with Crippen LogP contribution >= 0.6 is 0 Å². The lowest BCUT2D eigenvalue weighted by atomic mass is 10.0. The summed E-state index contributed by atoms with van der Waals surface area (Å²) in [4.78, 5) is 24.4. The van der Waals surface area contributed by atoms with Gasteiger partial charge in [-0.1, -0.05) is 42.1 Å². The fourth-order valence-electron chi connectivity index (χ4n) is 3.04. The Kier molecular flexibility index (Phi) is 10.5. The van der Waals surface area contributed by atoms with Crippen LogP contribution in [0.4, 0.5) is 5.69 Å². The number of anilines is 1. The minimum Gasteiger partial charge on any atom is -0.493 e. The van der Waals surface area contributed by atoms with Crippen molar-refractivity contribution in [3.8, 4) is 5.75 Å². The number of nitrogens with one attached hydrogen (secondary N) is 3. The summed E-state index contributed by atoms with van der Waals surface area (Å²) < 4.78 is 61.7. The summed E-state index contributed by atoms with van der Waals surface area (Å²) >= 11 is 0. The van der Waals surface area contributed by atoms with E-state index in [4.69, 9.17) is 15.9 Å². The molecule has 0 aromatic heterocycles. The van der Waals surface area contributed by atoms with Crippen LogP contribution in [0, 0.1) is 5.41 Å². The number of carbonyl (C=O) groups is 2. The Bertz CT molecular complexity index is 1350. The number of aryl methyl sites for hydroxylation is 1. The zero-order valence-corrected chi connectivity index (χ0v) is 21.8. The number of amidine groups is 1. The van der Waals surface area contributed by atoms with E-state index in [0.29, 0.717) is 24.8 Å². The number of amides is 1. The number of sulfonamides is 1. The molecule has 0 saturated heterocycles. The van der Waals surface area contributed by atoms with Crippen molar-refractivity contribution in [1.29, 1.82) is 5.41 Å². The van der Waals surface area contributed by atoms with Gasteiger partial charge in [-0.25, -0.2) is 8.42 Å². The Morgan fingerprint density at radius 1 is 1.05 bits per heavy atom. The van der Waals surface area contributed by atoms with Gasteiger partial charge in [-0.05, 0) is 37.0 Å². The summed E-state index contributed by atoms with van der Waals surface area (Å²) in [5.74, 6) is -1.81. The molecule has 0 saturated carbocycles. The number of benzene rings is 2. The molecule has 15 heteroatoms. The van der Waals surface area contributed by atoms with E-state index in [9.17, 15) is 26.4 Å². The van der Waals surface area contributed by atoms with Crippen molar-refractivity contribution in [1.82, 2.24) is 4.89 Å². The Hall–Kier alpha value is -3.53. The van der Waals surface area contributed by atoms with Gasteiger partial charge < -0.3 is 20.0 Å². The van der Waals surface area contributed by atoms with Crippen LogP contribution in [0.15, 0.2) is 47.4 Å². The third kappa shape index (κ3) is 9.13. The molecule has 0 bridgehead atoms. The van der Waals surface area contributed by atoms with Crippen molar-refractivity contribution in [2.24, 2.45) is 5.73 Å². The first-order valence-corrected chi connectivity index (χ1v) is 13.8. The van der Waals surface area contributed by atoms with E-state index in [1.54, 1.807) is 12.1 Å². The molecule has 13 nitrogen and oxygen atoms in total. The van der Waals surface area contributed by atoms with Crippen molar-refractivity contribution in [2.75, 3.05) is 12.4 Å². The second-order valence-corrected chi connectivity index (χ2v) is 10.4. The average molecular weight is 558 g/mol. The van der Waals surface area contributed by atoms with Crippen LogP contribution in [0.2, 0.25) is 0 Å². The molecule has 0 atom stereocenters. The number of para-hydroxylation sites is 1. The Balaban J connectivity index is 0.00000722. The highest BCUT2D eigenvalue weighted by Crippen LogP contribution is 2.32. The number of rotatable bonds is 14. The van der Waals surface area contributed by atoms with E-state index in [0.717, 1.165) is 11.6 Å². The Labute approximate surface area is 216 Å². The largest absolute Gasteiger partial charge is 1.00 e. The first-order chi connectivity index (χ1) is 17.4. The van der Waals surface area contributed by atoms with Gasteiger partial charge in [0.25, 0.3) is 10.0 Å². The summed E-state index contributed by atoms with van der Waals surface area (Å²) in [5.41, 5.74) is 7.14. The topological polar surface area (TPSA) is 204 Å². The van der Waals surface area contributed by atoms with E-state index in [-0.39, 0.29) is 31.5 Å². The minimum absolute atomic E-state index is 0. The molecule has 2 rings (SSSR count). The summed E-state index contributed by atoms with van der Waals surface area (Å²) in [6.45, 7) is 1.34. The molecule has 0 unspecified atom stereocenters. The predicted octanol–water partition coefficient (Wildman–Crippen LogP) is 1.85. The zero-order valence-electron chi connectivity index (χ0n) is 21.1. The molecule has 5 N–H and O–H groups in total. The third-order valence-corrected chi connectivity index (χ3v) is 6.85. The third-order valence-electron chi connectivity index (χ3n) is 4.86. The molecular formula is C22H29N4O9S2+. The number of carbonyl (C=O) groups excluding carboxylic acids is 2. The van der Waals surface area contributed by atoms with Gasteiger partial charge in [0.15, 0.2) is 5.75 Å². The van der Waals surface area contributed by atoms with Crippen molar-refractivity contribution < 1.29 is 41.1 Å². The molecule has 0 aliphatic heterocycles. The molecule has 1 amide bonds. The molecule has 37 heavy (non-hydrogen) atoms. The maximum Gasteiger partial charge on any atom is 1.00 e. The summed E-state index contributed by atoms with van der Waals surface area (Å²) in [6.07, 6.45) is 1.83. The highest BCUT2D eigenvalue weighted by atomic mass is 32.3. The van der Waals surface area contributed by atoms with Crippen LogP contribution in [0.1, 0.15) is 45.2 Å². The van der Waals surface area contributed by atoms with Gasteiger partial charge in [0.05, 0.1) is 12.8 Å². The van der Waals surface area contributed by atoms with Crippen LogP contribution in [-0.2, 0) is 44.9 Å². The molecule has 2 aromatic rings. The quantitative estimate of drug-likeness (QED) is 0.115. The van der Waals surface area contributed by atoms with E-state index in [1.807, 2.05) is 12.1 Å². The van der Waals surface area contributed by atoms with Crippen LogP contribution in [-0.4, -0.2) is 41.7 Å². The molecule has 0 aliphatic rings. The van der Waals surface area contributed by atoms with Gasteiger partial charge in [-0.15, -0.1) is 4.28 Å². The van der Waals surface area contributed by atoms with E-state index >= 15 is 0 Å². The maximum atomic E-state index is 12.6. The SMILES string of the molecule is CCC(=O)OS(=O)(=O)ONS(=O)(=O)c1cccc(NC(=O)CCCCc2ccc(C(=N)N)cc2)c1OC.[H+]. The predicted molar refractivity (Wildman–Crippen MR) is 134 cm³/mol. The molecule has 2 aromatic carbocycles. The monoisotopic (exact) mass is 557 g/mol. The number of unbranched alkanes of at least 4 members (excludes halogenated alkanes) is 1. The van der Waals surface area contributed by atoms with E-state index < -0.39 is 37.2 Å². The Morgan fingerprint density at radius 2 is 1.73 bits per heavy atom. The minimum atomic E-state index is -4.99. The van der Waals surface area contributed by atoms with E-state index in [1.165, 1.54) is 31.1 Å². The molecule has 0 heterocycles. The number of hydrogen-bond donors (Lipinski definition) is 4. The number of hydrogen-bond acceptors (Lipinski definition) is 10. The lowest BCUT2D eigenvalue weighted by molar-refractivity contribution is -0.134. The number of ether oxygens (including phenoxy) is 1. The second-order valence-electron chi connectivity index (χ2n) is 7.59. The summed E-state index contributed by atoms with van der Waals surface area (Å²) in [5, 5.41) is 9.98. The van der Waals surface area contributed by atoms with Crippen LogP contribution in [0.25, 0.3) is 0 Å². The fraction of sp³-hybridized carbons (Fsp3) is 0.318.